The van der Waals surface area contributed by atoms with Gasteiger partial charge in [0.05, 0.1) is 12.1 Å². The van der Waals surface area contributed by atoms with Gasteiger partial charge in [-0.05, 0) is 18.9 Å². The average molecular weight is 318 g/mol. The van der Waals surface area contributed by atoms with Gasteiger partial charge in [0.2, 0.25) is 5.91 Å². The third-order valence-corrected chi connectivity index (χ3v) is 4.19. The number of nitrogens with zero attached hydrogens (tertiary/aromatic N) is 1. The van der Waals surface area contributed by atoms with Gasteiger partial charge in [-0.25, -0.2) is 4.98 Å². The normalized spacial score (nSPS) is 11.9. The highest BCUT2D eigenvalue weighted by atomic mass is 32.1. The van der Waals surface area contributed by atoms with Crippen molar-refractivity contribution in [3.05, 3.63) is 40.9 Å². The second-order valence-corrected chi connectivity index (χ2v) is 5.86. The molecule has 116 valence electrons. The van der Waals surface area contributed by atoms with Crippen molar-refractivity contribution in [1.82, 2.24) is 10.3 Å². The van der Waals surface area contributed by atoms with E-state index in [2.05, 4.69) is 29.4 Å². The summed E-state index contributed by atoms with van der Waals surface area (Å²) in [6.45, 7) is 3.54. The lowest BCUT2D eigenvalue weighted by atomic mass is 10.1. The van der Waals surface area contributed by atoms with E-state index >= 15 is 0 Å². The summed E-state index contributed by atoms with van der Waals surface area (Å²) in [7, 11) is 0. The second kappa shape index (κ2) is 7.17. The number of hydrogen-bond acceptors (Lipinski definition) is 4. The molecule has 0 unspecified atom stereocenters. The van der Waals surface area contributed by atoms with Crippen LogP contribution >= 0.6 is 11.3 Å². The van der Waals surface area contributed by atoms with Gasteiger partial charge in [0.15, 0.2) is 0 Å². The van der Waals surface area contributed by atoms with Crippen LogP contribution in [0.1, 0.15) is 25.1 Å². The molecular formula is C16H18N2O3S. The Morgan fingerprint density at radius 3 is 2.59 bits per heavy atom. The Hall–Kier alpha value is -2.21. The van der Waals surface area contributed by atoms with E-state index < -0.39 is 12.0 Å². The van der Waals surface area contributed by atoms with Gasteiger partial charge in [-0.3, -0.25) is 9.59 Å². The summed E-state index contributed by atoms with van der Waals surface area (Å²) in [5.41, 5.74) is 2.94. The van der Waals surface area contributed by atoms with Crippen LogP contribution in [0, 0.1) is 0 Å². The first-order valence-electron chi connectivity index (χ1n) is 7.05. The van der Waals surface area contributed by atoms with Crippen molar-refractivity contribution >= 4 is 23.2 Å². The quantitative estimate of drug-likeness (QED) is 0.857. The molecule has 1 amide bonds. The number of thiazole rings is 1. The number of benzene rings is 1. The number of hydrogen-bond donors (Lipinski definition) is 2. The second-order valence-electron chi connectivity index (χ2n) is 5.00. The number of carbonyl (C=O) groups excluding carboxylic acids is 1. The Morgan fingerprint density at radius 1 is 1.32 bits per heavy atom. The predicted octanol–water partition coefficient (Wildman–Crippen LogP) is 2.50. The maximum absolute atomic E-state index is 11.7. The molecule has 22 heavy (non-hydrogen) atoms. The monoisotopic (exact) mass is 318 g/mol. The lowest BCUT2D eigenvalue weighted by Crippen LogP contribution is -2.39. The number of aromatic nitrogens is 1. The lowest BCUT2D eigenvalue weighted by Gasteiger charge is -2.07. The number of carboxylic acids is 1. The van der Waals surface area contributed by atoms with E-state index in [9.17, 15) is 9.59 Å². The molecule has 2 N–H and O–H groups in total. The molecule has 0 fully saturated rings. The minimum atomic E-state index is -1.05. The molecule has 6 heteroatoms. The standard InChI is InChI=1S/C16H18N2O3S/c1-3-11-4-6-12(7-5-11)15-18-13(9-22-15)8-14(19)17-10(2)16(20)21/h4-7,9-10H,3,8H2,1-2H3,(H,17,19)(H,20,21)/t10-/m1/s1. The molecule has 0 bridgehead atoms. The van der Waals surface area contributed by atoms with Gasteiger partial charge in [0, 0.05) is 10.9 Å². The molecule has 0 radical (unpaired) electrons. The highest BCUT2D eigenvalue weighted by molar-refractivity contribution is 7.13. The first kappa shape index (κ1) is 16.2. The first-order chi connectivity index (χ1) is 10.5. The maximum Gasteiger partial charge on any atom is 0.325 e. The summed E-state index contributed by atoms with van der Waals surface area (Å²) in [6, 6.07) is 7.28. The van der Waals surface area contributed by atoms with Crippen molar-refractivity contribution in [3.8, 4) is 10.6 Å². The third kappa shape index (κ3) is 4.14. The fraction of sp³-hybridized carbons (Fsp3) is 0.312. The van der Waals surface area contributed by atoms with Gasteiger partial charge in [-0.2, -0.15) is 0 Å². The lowest BCUT2D eigenvalue weighted by molar-refractivity contribution is -0.141. The first-order valence-corrected chi connectivity index (χ1v) is 7.93. The molecule has 1 aromatic carbocycles. The van der Waals surface area contributed by atoms with E-state index in [0.29, 0.717) is 5.69 Å². The predicted molar refractivity (Wildman–Crippen MR) is 85.9 cm³/mol. The van der Waals surface area contributed by atoms with Gasteiger partial charge in [0.1, 0.15) is 11.0 Å². The Kier molecular flexibility index (Phi) is 5.27. The van der Waals surface area contributed by atoms with Crippen LogP contribution in [0.15, 0.2) is 29.6 Å². The highest BCUT2D eigenvalue weighted by Crippen LogP contribution is 2.24. The molecule has 0 spiro atoms. The number of carbonyl (C=O) groups is 2. The molecule has 2 rings (SSSR count). The van der Waals surface area contributed by atoms with Crippen molar-refractivity contribution in [2.45, 2.75) is 32.7 Å². The van der Waals surface area contributed by atoms with E-state index in [1.165, 1.54) is 23.8 Å². The van der Waals surface area contributed by atoms with Crippen LogP contribution in [0.2, 0.25) is 0 Å². The summed E-state index contributed by atoms with van der Waals surface area (Å²) in [5, 5.41) is 13.9. The van der Waals surface area contributed by atoms with Crippen LogP contribution in [0.3, 0.4) is 0 Å². The van der Waals surface area contributed by atoms with E-state index in [4.69, 9.17) is 5.11 Å². The Balaban J connectivity index is 2.01. The maximum atomic E-state index is 11.7. The fourth-order valence-corrected chi connectivity index (χ4v) is 2.75. The number of carboxylic acid groups (broad SMARTS) is 1. The highest BCUT2D eigenvalue weighted by Gasteiger charge is 2.15. The summed E-state index contributed by atoms with van der Waals surface area (Å²) in [4.78, 5) is 26.9. The third-order valence-electron chi connectivity index (χ3n) is 3.25. The van der Waals surface area contributed by atoms with E-state index in [1.807, 2.05) is 17.5 Å². The molecule has 0 aliphatic carbocycles. The molecule has 0 aliphatic rings. The molecular weight excluding hydrogens is 300 g/mol. The average Bonchev–Trinajstić information content (AvgIpc) is 2.95. The minimum Gasteiger partial charge on any atom is -0.480 e. The van der Waals surface area contributed by atoms with Crippen LogP contribution in [-0.4, -0.2) is 28.0 Å². The SMILES string of the molecule is CCc1ccc(-c2nc(CC(=O)N[C@H](C)C(=O)O)cs2)cc1. The molecule has 2 aromatic rings. The van der Waals surface area contributed by atoms with Crippen LogP contribution < -0.4 is 5.32 Å². The topological polar surface area (TPSA) is 79.3 Å². The number of aryl methyl sites for hydroxylation is 1. The summed E-state index contributed by atoms with van der Waals surface area (Å²) >= 11 is 1.48. The Morgan fingerprint density at radius 2 is 2.00 bits per heavy atom. The zero-order chi connectivity index (χ0) is 16.1. The van der Waals surface area contributed by atoms with Crippen molar-refractivity contribution in [1.29, 1.82) is 0 Å². The molecule has 1 aromatic heterocycles. The summed E-state index contributed by atoms with van der Waals surface area (Å²) in [5.74, 6) is -1.39. The van der Waals surface area contributed by atoms with Gasteiger partial charge in [-0.15, -0.1) is 11.3 Å². The zero-order valence-electron chi connectivity index (χ0n) is 12.5. The number of aliphatic carboxylic acids is 1. The minimum absolute atomic E-state index is 0.0845. The summed E-state index contributed by atoms with van der Waals surface area (Å²) in [6.07, 6.45) is 1.08. The molecule has 1 atom stereocenters. The van der Waals surface area contributed by atoms with Crippen LogP contribution in [0.4, 0.5) is 0 Å². The van der Waals surface area contributed by atoms with Crippen LogP contribution in [-0.2, 0) is 22.4 Å². The van der Waals surface area contributed by atoms with E-state index in [-0.39, 0.29) is 12.3 Å². The van der Waals surface area contributed by atoms with Crippen molar-refractivity contribution in [2.24, 2.45) is 0 Å². The molecule has 0 saturated carbocycles. The number of amides is 1. The number of rotatable bonds is 6. The molecule has 0 aliphatic heterocycles. The number of nitrogens with one attached hydrogen (secondary N) is 1. The van der Waals surface area contributed by atoms with Crippen molar-refractivity contribution in [2.75, 3.05) is 0 Å². The largest absolute Gasteiger partial charge is 0.480 e. The summed E-state index contributed by atoms with van der Waals surface area (Å²) < 4.78 is 0. The van der Waals surface area contributed by atoms with Crippen LogP contribution in [0.5, 0.6) is 0 Å². The van der Waals surface area contributed by atoms with Crippen LogP contribution in [0.25, 0.3) is 10.6 Å². The smallest absolute Gasteiger partial charge is 0.325 e. The van der Waals surface area contributed by atoms with E-state index in [1.54, 1.807) is 0 Å². The van der Waals surface area contributed by atoms with Gasteiger partial charge in [0.25, 0.3) is 0 Å². The Labute approximate surface area is 133 Å². The zero-order valence-corrected chi connectivity index (χ0v) is 13.3. The molecule has 0 saturated heterocycles. The van der Waals surface area contributed by atoms with E-state index in [0.717, 1.165) is 17.0 Å². The van der Waals surface area contributed by atoms with Crippen molar-refractivity contribution < 1.29 is 14.7 Å². The van der Waals surface area contributed by atoms with Gasteiger partial charge < -0.3 is 10.4 Å². The molecule has 5 nitrogen and oxygen atoms in total. The molecule has 1 heterocycles. The Bertz CT molecular complexity index is 664. The van der Waals surface area contributed by atoms with Gasteiger partial charge >= 0.3 is 5.97 Å². The van der Waals surface area contributed by atoms with Gasteiger partial charge in [-0.1, -0.05) is 31.2 Å². The van der Waals surface area contributed by atoms with Crippen molar-refractivity contribution in [3.63, 3.8) is 0 Å². The fourth-order valence-electron chi connectivity index (χ4n) is 1.92.